The molecule has 4 heteroatoms. The molecule has 1 aliphatic carbocycles. The van der Waals surface area contributed by atoms with Crippen molar-refractivity contribution in [2.45, 2.75) is 57.8 Å². The van der Waals surface area contributed by atoms with E-state index in [9.17, 15) is 14.7 Å². The number of amides is 1. The molecule has 1 aromatic carbocycles. The van der Waals surface area contributed by atoms with Crippen LogP contribution in [0.3, 0.4) is 0 Å². The van der Waals surface area contributed by atoms with Crippen LogP contribution >= 0.6 is 0 Å². The molecule has 130 valence electrons. The van der Waals surface area contributed by atoms with Gasteiger partial charge in [0.15, 0.2) is 0 Å². The van der Waals surface area contributed by atoms with Gasteiger partial charge in [0.1, 0.15) is 0 Å². The van der Waals surface area contributed by atoms with Crippen LogP contribution in [-0.2, 0) is 0 Å². The van der Waals surface area contributed by atoms with Gasteiger partial charge in [-0.25, -0.2) is 4.79 Å². The van der Waals surface area contributed by atoms with Gasteiger partial charge < -0.3 is 10.0 Å². The highest BCUT2D eigenvalue weighted by atomic mass is 16.4. The highest BCUT2D eigenvalue weighted by molar-refractivity contribution is 5.98. The van der Waals surface area contributed by atoms with Crippen molar-refractivity contribution in [3.63, 3.8) is 0 Å². The van der Waals surface area contributed by atoms with Crippen molar-refractivity contribution >= 4 is 11.9 Å². The Kier molecular flexibility index (Phi) is 5.22. The number of carboxylic acid groups (broad SMARTS) is 1. The average molecular weight is 329 g/mol. The molecule has 3 rings (SSSR count). The van der Waals surface area contributed by atoms with Crippen LogP contribution in [0.2, 0.25) is 0 Å². The van der Waals surface area contributed by atoms with Crippen molar-refractivity contribution < 1.29 is 14.7 Å². The van der Waals surface area contributed by atoms with Crippen molar-refractivity contribution in [1.82, 2.24) is 4.90 Å². The molecule has 0 bridgehead atoms. The summed E-state index contributed by atoms with van der Waals surface area (Å²) in [5, 5.41) is 9.43. The Hall–Kier alpha value is -1.84. The van der Waals surface area contributed by atoms with E-state index in [1.165, 1.54) is 19.3 Å². The Labute approximate surface area is 143 Å². The standard InChI is InChI=1S/C20H27NO3/c1-14-7-9-21(10-8-14)19(22)17-11-16(12-18(13-17)20(23)24)15-5-3-2-4-6-15/h11-15H,2-10H2,1H3,(H,23,24). The summed E-state index contributed by atoms with van der Waals surface area (Å²) in [7, 11) is 0. The molecule has 2 fully saturated rings. The monoisotopic (exact) mass is 329 g/mol. The fourth-order valence-corrected chi connectivity index (χ4v) is 3.96. The van der Waals surface area contributed by atoms with E-state index >= 15 is 0 Å². The molecule has 2 aliphatic rings. The second-order valence-corrected chi connectivity index (χ2v) is 7.46. The molecular weight excluding hydrogens is 302 g/mol. The summed E-state index contributed by atoms with van der Waals surface area (Å²) < 4.78 is 0. The summed E-state index contributed by atoms with van der Waals surface area (Å²) in [6, 6.07) is 5.27. The number of hydrogen-bond donors (Lipinski definition) is 1. The molecular formula is C20H27NO3. The average Bonchev–Trinajstić information content (AvgIpc) is 2.62. The quantitative estimate of drug-likeness (QED) is 0.899. The molecule has 0 spiro atoms. The van der Waals surface area contributed by atoms with Gasteiger partial charge in [-0.1, -0.05) is 26.2 Å². The van der Waals surface area contributed by atoms with Crippen LogP contribution in [0.5, 0.6) is 0 Å². The highest BCUT2D eigenvalue weighted by Gasteiger charge is 2.24. The lowest BCUT2D eigenvalue weighted by molar-refractivity contribution is 0.0696. The predicted octanol–water partition coefficient (Wildman–Crippen LogP) is 4.30. The molecule has 1 saturated carbocycles. The van der Waals surface area contributed by atoms with E-state index in [1.807, 2.05) is 11.0 Å². The molecule has 0 unspecified atom stereocenters. The van der Waals surface area contributed by atoms with Crippen molar-refractivity contribution in [2.75, 3.05) is 13.1 Å². The first-order valence-electron chi connectivity index (χ1n) is 9.22. The molecule has 1 aromatic rings. The number of carbonyl (C=O) groups is 2. The molecule has 0 atom stereocenters. The zero-order valence-electron chi connectivity index (χ0n) is 14.5. The number of hydrogen-bond acceptors (Lipinski definition) is 2. The number of nitrogens with zero attached hydrogens (tertiary/aromatic N) is 1. The van der Waals surface area contributed by atoms with Gasteiger partial charge in [-0.15, -0.1) is 0 Å². The fraction of sp³-hybridized carbons (Fsp3) is 0.600. The van der Waals surface area contributed by atoms with Crippen molar-refractivity contribution in [3.05, 3.63) is 34.9 Å². The van der Waals surface area contributed by atoms with E-state index in [0.717, 1.165) is 44.3 Å². The van der Waals surface area contributed by atoms with E-state index < -0.39 is 5.97 Å². The minimum Gasteiger partial charge on any atom is -0.478 e. The number of rotatable bonds is 3. The van der Waals surface area contributed by atoms with Crippen LogP contribution < -0.4 is 0 Å². The third-order valence-corrected chi connectivity index (χ3v) is 5.60. The molecule has 24 heavy (non-hydrogen) atoms. The van der Waals surface area contributed by atoms with E-state index in [0.29, 0.717) is 17.4 Å². The summed E-state index contributed by atoms with van der Waals surface area (Å²) >= 11 is 0. The highest BCUT2D eigenvalue weighted by Crippen LogP contribution is 2.34. The summed E-state index contributed by atoms with van der Waals surface area (Å²) in [5.74, 6) is 0.0965. The molecule has 0 radical (unpaired) electrons. The van der Waals surface area contributed by atoms with Crippen LogP contribution in [-0.4, -0.2) is 35.0 Å². The third kappa shape index (κ3) is 3.80. The number of benzene rings is 1. The number of aromatic carboxylic acids is 1. The van der Waals surface area contributed by atoms with Gasteiger partial charge in [-0.3, -0.25) is 4.79 Å². The summed E-state index contributed by atoms with van der Waals surface area (Å²) in [6.07, 6.45) is 7.88. The Morgan fingerprint density at radius 1 is 0.958 bits per heavy atom. The minimum absolute atomic E-state index is 0.0120. The van der Waals surface area contributed by atoms with E-state index in [2.05, 4.69) is 6.92 Å². The van der Waals surface area contributed by atoms with Crippen molar-refractivity contribution in [2.24, 2.45) is 5.92 Å². The van der Waals surface area contributed by atoms with Crippen molar-refractivity contribution in [3.8, 4) is 0 Å². The van der Waals surface area contributed by atoms with Gasteiger partial charge in [0.05, 0.1) is 5.56 Å². The number of likely N-dealkylation sites (tertiary alicyclic amines) is 1. The van der Waals surface area contributed by atoms with Crippen LogP contribution in [0, 0.1) is 5.92 Å². The van der Waals surface area contributed by atoms with E-state index in [1.54, 1.807) is 12.1 Å². The van der Waals surface area contributed by atoms with Gasteiger partial charge in [0, 0.05) is 18.7 Å². The maximum atomic E-state index is 12.8. The Bertz CT molecular complexity index is 611. The van der Waals surface area contributed by atoms with E-state index in [-0.39, 0.29) is 11.5 Å². The van der Waals surface area contributed by atoms with E-state index in [4.69, 9.17) is 0 Å². The molecule has 1 heterocycles. The lowest BCUT2D eigenvalue weighted by Crippen LogP contribution is -2.38. The Morgan fingerprint density at radius 2 is 1.58 bits per heavy atom. The summed E-state index contributed by atoms with van der Waals surface area (Å²) in [6.45, 7) is 3.76. The van der Waals surface area contributed by atoms with Gasteiger partial charge in [-0.05, 0) is 61.3 Å². The van der Waals surface area contributed by atoms with Crippen molar-refractivity contribution in [1.29, 1.82) is 0 Å². The molecule has 1 aliphatic heterocycles. The zero-order chi connectivity index (χ0) is 17.1. The number of carbonyl (C=O) groups excluding carboxylic acids is 1. The maximum Gasteiger partial charge on any atom is 0.335 e. The Morgan fingerprint density at radius 3 is 2.21 bits per heavy atom. The number of piperidine rings is 1. The first kappa shape index (κ1) is 17.0. The lowest BCUT2D eigenvalue weighted by atomic mass is 9.83. The molecule has 4 nitrogen and oxygen atoms in total. The molecule has 1 saturated heterocycles. The first-order valence-corrected chi connectivity index (χ1v) is 9.22. The zero-order valence-corrected chi connectivity index (χ0v) is 14.5. The second kappa shape index (κ2) is 7.37. The van der Waals surface area contributed by atoms with Crippen LogP contribution in [0.15, 0.2) is 18.2 Å². The first-order chi connectivity index (χ1) is 11.5. The maximum absolute atomic E-state index is 12.8. The SMILES string of the molecule is CC1CCN(C(=O)c2cc(C(=O)O)cc(C3CCCCC3)c2)CC1. The number of carboxylic acids is 1. The molecule has 1 amide bonds. The lowest BCUT2D eigenvalue weighted by Gasteiger charge is -2.31. The second-order valence-electron chi connectivity index (χ2n) is 7.46. The van der Waals surface area contributed by atoms with Crippen LogP contribution in [0.25, 0.3) is 0 Å². The summed E-state index contributed by atoms with van der Waals surface area (Å²) in [5.41, 5.74) is 1.82. The Balaban J connectivity index is 1.87. The van der Waals surface area contributed by atoms with Crippen LogP contribution in [0.4, 0.5) is 0 Å². The van der Waals surface area contributed by atoms with Gasteiger partial charge in [0.2, 0.25) is 0 Å². The largest absolute Gasteiger partial charge is 0.478 e. The van der Waals surface area contributed by atoms with Gasteiger partial charge in [-0.2, -0.15) is 0 Å². The fourth-order valence-electron chi connectivity index (χ4n) is 3.96. The molecule has 0 aromatic heterocycles. The minimum atomic E-state index is -0.950. The summed E-state index contributed by atoms with van der Waals surface area (Å²) in [4.78, 5) is 26.2. The predicted molar refractivity (Wildman–Crippen MR) is 93.5 cm³/mol. The van der Waals surface area contributed by atoms with Crippen LogP contribution in [0.1, 0.15) is 84.1 Å². The normalized spacial score (nSPS) is 20.1. The molecule has 1 N–H and O–H groups in total. The third-order valence-electron chi connectivity index (χ3n) is 5.60. The van der Waals surface area contributed by atoms with Gasteiger partial charge in [0.25, 0.3) is 5.91 Å². The van der Waals surface area contributed by atoms with Gasteiger partial charge >= 0.3 is 5.97 Å². The topological polar surface area (TPSA) is 57.6 Å². The smallest absolute Gasteiger partial charge is 0.335 e.